The highest BCUT2D eigenvalue weighted by Crippen LogP contribution is 2.41. The molecule has 1 N–H and O–H groups in total. The van der Waals surface area contributed by atoms with Crippen molar-refractivity contribution in [2.24, 2.45) is 5.92 Å². The normalized spacial score (nSPS) is 14.9. The molecule has 0 saturated heterocycles. The zero-order valence-electron chi connectivity index (χ0n) is 15.8. The second kappa shape index (κ2) is 7.02. The van der Waals surface area contributed by atoms with E-state index in [-0.39, 0.29) is 11.9 Å². The molecule has 27 heavy (non-hydrogen) atoms. The van der Waals surface area contributed by atoms with Gasteiger partial charge in [-0.25, -0.2) is 4.98 Å². The molecule has 0 radical (unpaired) electrons. The van der Waals surface area contributed by atoms with Gasteiger partial charge in [0.15, 0.2) is 0 Å². The van der Waals surface area contributed by atoms with Crippen molar-refractivity contribution >= 4 is 17.0 Å². The Kier molecular flexibility index (Phi) is 4.56. The molecule has 1 atom stereocenters. The van der Waals surface area contributed by atoms with Crippen LogP contribution in [0, 0.1) is 12.8 Å². The first-order valence-corrected chi connectivity index (χ1v) is 9.31. The highest BCUT2D eigenvalue weighted by molar-refractivity contribution is 6.06. The van der Waals surface area contributed by atoms with Crippen LogP contribution < -0.4 is 10.1 Å². The zero-order valence-corrected chi connectivity index (χ0v) is 15.8. The molecule has 3 aromatic rings. The third kappa shape index (κ3) is 3.39. The first-order chi connectivity index (χ1) is 13.1. The summed E-state index contributed by atoms with van der Waals surface area (Å²) in [5.41, 5.74) is 3.59. The lowest BCUT2D eigenvalue weighted by molar-refractivity contribution is 0.0933. The summed E-state index contributed by atoms with van der Waals surface area (Å²) in [5.74, 6) is 1.16. The summed E-state index contributed by atoms with van der Waals surface area (Å²) in [7, 11) is 1.65. The van der Waals surface area contributed by atoms with E-state index in [4.69, 9.17) is 9.26 Å². The number of carbonyl (C=O) groups is 1. The van der Waals surface area contributed by atoms with Gasteiger partial charge >= 0.3 is 0 Å². The van der Waals surface area contributed by atoms with E-state index in [0.29, 0.717) is 28.3 Å². The van der Waals surface area contributed by atoms with Crippen molar-refractivity contribution in [1.29, 1.82) is 0 Å². The molecule has 0 spiro atoms. The number of amides is 1. The van der Waals surface area contributed by atoms with Gasteiger partial charge in [0.2, 0.25) is 0 Å². The van der Waals surface area contributed by atoms with Gasteiger partial charge in [0.05, 0.1) is 29.8 Å². The Hall–Kier alpha value is -2.89. The molecule has 0 bridgehead atoms. The maximum Gasteiger partial charge on any atom is 0.258 e. The van der Waals surface area contributed by atoms with Crippen molar-refractivity contribution in [1.82, 2.24) is 15.5 Å². The molecule has 2 heterocycles. The number of aromatic nitrogens is 2. The molecule has 4 rings (SSSR count). The van der Waals surface area contributed by atoms with E-state index in [0.717, 1.165) is 36.3 Å². The smallest absolute Gasteiger partial charge is 0.258 e. The summed E-state index contributed by atoms with van der Waals surface area (Å²) >= 11 is 0. The van der Waals surface area contributed by atoms with Crippen molar-refractivity contribution in [3.8, 4) is 5.75 Å². The van der Waals surface area contributed by atoms with Crippen molar-refractivity contribution in [3.63, 3.8) is 0 Å². The molecule has 0 aliphatic heterocycles. The summed E-state index contributed by atoms with van der Waals surface area (Å²) in [6, 6.07) is 9.73. The number of pyridine rings is 1. The Bertz CT molecular complexity index is 974. The first-order valence-electron chi connectivity index (χ1n) is 9.31. The standard InChI is InChI=1S/C21H23N3O3/c1-4-15-11-17(18-12(2)24-27-21(18)22-15)20(25)23-19(13-5-6-13)14-7-9-16(26-3)10-8-14/h7-11,13,19H,4-6H2,1-3H3,(H,23,25)/t19-/m1/s1. The fourth-order valence-corrected chi connectivity index (χ4v) is 3.44. The van der Waals surface area contributed by atoms with E-state index in [1.54, 1.807) is 7.11 Å². The predicted octanol–water partition coefficient (Wildman–Crippen LogP) is 3.98. The topological polar surface area (TPSA) is 77.2 Å². The number of methoxy groups -OCH3 is 1. The van der Waals surface area contributed by atoms with Crippen LogP contribution in [0.1, 0.15) is 53.1 Å². The van der Waals surface area contributed by atoms with Gasteiger partial charge in [0.25, 0.3) is 11.6 Å². The third-order valence-electron chi connectivity index (χ3n) is 5.13. The number of hydrogen-bond acceptors (Lipinski definition) is 5. The van der Waals surface area contributed by atoms with Crippen molar-refractivity contribution in [2.45, 2.75) is 39.2 Å². The molecular weight excluding hydrogens is 342 g/mol. The van der Waals surface area contributed by atoms with Crippen LogP contribution in [0.2, 0.25) is 0 Å². The van der Waals surface area contributed by atoms with Gasteiger partial charge in [-0.15, -0.1) is 0 Å². The van der Waals surface area contributed by atoms with Crippen LogP contribution in [0.25, 0.3) is 11.1 Å². The number of aryl methyl sites for hydroxylation is 2. The lowest BCUT2D eigenvalue weighted by Crippen LogP contribution is -2.30. The second-order valence-electron chi connectivity index (χ2n) is 7.02. The molecule has 1 saturated carbocycles. The monoisotopic (exact) mass is 365 g/mol. The minimum atomic E-state index is -0.115. The molecule has 140 valence electrons. The number of ether oxygens (including phenoxy) is 1. The second-order valence-corrected chi connectivity index (χ2v) is 7.02. The predicted molar refractivity (Wildman–Crippen MR) is 102 cm³/mol. The summed E-state index contributed by atoms with van der Waals surface area (Å²) in [5, 5.41) is 7.91. The van der Waals surface area contributed by atoms with E-state index in [1.807, 2.05) is 44.2 Å². The van der Waals surface area contributed by atoms with E-state index in [2.05, 4.69) is 15.5 Å². The van der Waals surface area contributed by atoms with Crippen LogP contribution >= 0.6 is 0 Å². The third-order valence-corrected chi connectivity index (χ3v) is 5.13. The first kappa shape index (κ1) is 17.5. The number of fused-ring (bicyclic) bond motifs is 1. The lowest BCUT2D eigenvalue weighted by atomic mass is 10.0. The number of benzene rings is 1. The van der Waals surface area contributed by atoms with Gasteiger partial charge in [-0.1, -0.05) is 24.2 Å². The number of rotatable bonds is 6. The van der Waals surface area contributed by atoms with Gasteiger partial charge in [0.1, 0.15) is 5.75 Å². The van der Waals surface area contributed by atoms with Crippen LogP contribution in [-0.2, 0) is 6.42 Å². The Morgan fingerprint density at radius 1 is 1.33 bits per heavy atom. The van der Waals surface area contributed by atoms with Gasteiger partial charge in [0, 0.05) is 5.69 Å². The largest absolute Gasteiger partial charge is 0.497 e. The summed E-state index contributed by atoms with van der Waals surface area (Å²) in [6.45, 7) is 3.83. The SMILES string of the molecule is CCc1cc(C(=O)N[C@@H](c2ccc(OC)cc2)C2CC2)c2c(C)noc2n1. The number of carbonyl (C=O) groups excluding carboxylic acids is 1. The van der Waals surface area contributed by atoms with Gasteiger partial charge in [-0.3, -0.25) is 4.79 Å². The average Bonchev–Trinajstić information content (AvgIpc) is 3.48. The maximum atomic E-state index is 13.2. The van der Waals surface area contributed by atoms with Gasteiger partial charge < -0.3 is 14.6 Å². The molecule has 0 unspecified atom stereocenters. The van der Waals surface area contributed by atoms with E-state index >= 15 is 0 Å². The van der Waals surface area contributed by atoms with Crippen LogP contribution in [0.3, 0.4) is 0 Å². The van der Waals surface area contributed by atoms with Crippen LogP contribution in [0.5, 0.6) is 5.75 Å². The minimum Gasteiger partial charge on any atom is -0.497 e. The maximum absolute atomic E-state index is 13.2. The van der Waals surface area contributed by atoms with Gasteiger partial charge in [-0.2, -0.15) is 0 Å². The minimum absolute atomic E-state index is 0.0168. The lowest BCUT2D eigenvalue weighted by Gasteiger charge is -2.19. The molecule has 1 aliphatic rings. The Morgan fingerprint density at radius 3 is 2.70 bits per heavy atom. The molecule has 1 aliphatic carbocycles. The van der Waals surface area contributed by atoms with Crippen LogP contribution in [0.15, 0.2) is 34.9 Å². The molecule has 6 nitrogen and oxygen atoms in total. The summed E-state index contributed by atoms with van der Waals surface area (Å²) in [6.07, 6.45) is 2.96. The Morgan fingerprint density at radius 2 is 2.07 bits per heavy atom. The van der Waals surface area contributed by atoms with Gasteiger partial charge in [-0.05, 0) is 55.9 Å². The van der Waals surface area contributed by atoms with Crippen molar-refractivity contribution in [3.05, 3.63) is 52.8 Å². The molecule has 1 aromatic carbocycles. The van der Waals surface area contributed by atoms with Crippen LogP contribution in [-0.4, -0.2) is 23.2 Å². The molecule has 1 amide bonds. The fourth-order valence-electron chi connectivity index (χ4n) is 3.44. The highest BCUT2D eigenvalue weighted by Gasteiger charge is 2.34. The zero-order chi connectivity index (χ0) is 19.0. The molecular formula is C21H23N3O3. The molecule has 2 aromatic heterocycles. The Balaban J connectivity index is 1.67. The average molecular weight is 365 g/mol. The summed E-state index contributed by atoms with van der Waals surface area (Å²) < 4.78 is 10.5. The van der Waals surface area contributed by atoms with Crippen molar-refractivity contribution < 1.29 is 14.1 Å². The van der Waals surface area contributed by atoms with E-state index in [1.165, 1.54) is 0 Å². The highest BCUT2D eigenvalue weighted by atomic mass is 16.5. The molecule has 1 fully saturated rings. The van der Waals surface area contributed by atoms with Crippen molar-refractivity contribution in [2.75, 3.05) is 7.11 Å². The molecule has 6 heteroatoms. The Labute approximate surface area is 157 Å². The van der Waals surface area contributed by atoms with E-state index in [9.17, 15) is 4.79 Å². The number of hydrogen-bond donors (Lipinski definition) is 1. The number of nitrogens with one attached hydrogen (secondary N) is 1. The summed E-state index contributed by atoms with van der Waals surface area (Å²) in [4.78, 5) is 17.6. The fraction of sp³-hybridized carbons (Fsp3) is 0.381. The quantitative estimate of drug-likeness (QED) is 0.715. The van der Waals surface area contributed by atoms with Crippen LogP contribution in [0.4, 0.5) is 0 Å². The number of nitrogens with zero attached hydrogens (tertiary/aromatic N) is 2. The van der Waals surface area contributed by atoms with E-state index < -0.39 is 0 Å².